The maximum Gasteiger partial charge on any atom is 0.338 e. The van der Waals surface area contributed by atoms with Gasteiger partial charge in [0, 0.05) is 11.3 Å². The number of carbonyl (C=O) groups is 3. The van der Waals surface area contributed by atoms with E-state index in [1.807, 2.05) is 30.3 Å². The number of hydrogen-bond donors (Lipinski definition) is 1. The molecule has 7 nitrogen and oxygen atoms in total. The van der Waals surface area contributed by atoms with Gasteiger partial charge in [-0.2, -0.15) is 10.2 Å². The normalized spacial score (nSPS) is 10.5. The molecule has 0 saturated carbocycles. The summed E-state index contributed by atoms with van der Waals surface area (Å²) < 4.78 is 4.97. The fourth-order valence-electron chi connectivity index (χ4n) is 2.33. The lowest BCUT2D eigenvalue weighted by Gasteiger charge is -2.07. The van der Waals surface area contributed by atoms with E-state index in [0.717, 1.165) is 5.69 Å². The Balaban J connectivity index is 1.49. The van der Waals surface area contributed by atoms with Crippen LogP contribution in [0.2, 0.25) is 0 Å². The molecule has 0 aliphatic carbocycles. The van der Waals surface area contributed by atoms with Crippen molar-refractivity contribution in [2.75, 3.05) is 11.9 Å². The van der Waals surface area contributed by atoms with Crippen LogP contribution in [0.3, 0.4) is 0 Å². The van der Waals surface area contributed by atoms with Gasteiger partial charge in [0.15, 0.2) is 6.61 Å². The molecular formula is C22H17N3O4. The van der Waals surface area contributed by atoms with Gasteiger partial charge in [-0.25, -0.2) is 4.79 Å². The van der Waals surface area contributed by atoms with Gasteiger partial charge in [-0.1, -0.05) is 30.3 Å². The molecule has 0 bridgehead atoms. The SMILES string of the molecule is O=Cc1ccc(C(=O)OCC(=O)Nc2ccc(N=Nc3ccccc3)cc2)cc1. The van der Waals surface area contributed by atoms with Gasteiger partial charge < -0.3 is 10.1 Å². The van der Waals surface area contributed by atoms with Crippen LogP contribution in [-0.4, -0.2) is 24.8 Å². The van der Waals surface area contributed by atoms with Crippen molar-refractivity contribution < 1.29 is 19.1 Å². The fourth-order valence-corrected chi connectivity index (χ4v) is 2.33. The first-order chi connectivity index (χ1) is 14.1. The van der Waals surface area contributed by atoms with Crippen LogP contribution in [0.5, 0.6) is 0 Å². The molecule has 1 amide bonds. The maximum absolute atomic E-state index is 12.0. The Hall–Kier alpha value is -4.13. The molecule has 1 N–H and O–H groups in total. The lowest BCUT2D eigenvalue weighted by atomic mass is 10.1. The second-order valence-corrected chi connectivity index (χ2v) is 5.95. The van der Waals surface area contributed by atoms with Gasteiger partial charge in [0.2, 0.25) is 0 Å². The zero-order valence-electron chi connectivity index (χ0n) is 15.3. The summed E-state index contributed by atoms with van der Waals surface area (Å²) in [6, 6.07) is 22.0. The molecule has 29 heavy (non-hydrogen) atoms. The fraction of sp³-hybridized carbons (Fsp3) is 0.0455. The molecule has 0 atom stereocenters. The van der Waals surface area contributed by atoms with Gasteiger partial charge in [-0.3, -0.25) is 9.59 Å². The first-order valence-corrected chi connectivity index (χ1v) is 8.73. The zero-order valence-corrected chi connectivity index (χ0v) is 15.3. The molecule has 144 valence electrons. The number of anilines is 1. The Morgan fingerprint density at radius 2 is 1.45 bits per heavy atom. The number of carbonyl (C=O) groups excluding carboxylic acids is 3. The third kappa shape index (κ3) is 5.93. The predicted molar refractivity (Wildman–Crippen MR) is 108 cm³/mol. The van der Waals surface area contributed by atoms with Crippen molar-refractivity contribution in [1.29, 1.82) is 0 Å². The highest BCUT2D eigenvalue weighted by Gasteiger charge is 2.10. The Labute approximate surface area is 167 Å². The standard InChI is InChI=1S/C22H17N3O4/c26-14-16-6-8-17(9-7-16)22(28)29-15-21(27)23-18-10-12-20(13-11-18)25-24-19-4-2-1-3-5-19/h1-14H,15H2,(H,23,27). The van der Waals surface area contributed by atoms with Crippen LogP contribution in [0, 0.1) is 0 Å². The van der Waals surface area contributed by atoms with Crippen LogP contribution in [0.4, 0.5) is 17.1 Å². The highest BCUT2D eigenvalue weighted by atomic mass is 16.5. The Kier molecular flexibility index (Phi) is 6.57. The van der Waals surface area contributed by atoms with E-state index in [0.29, 0.717) is 23.2 Å². The summed E-state index contributed by atoms with van der Waals surface area (Å²) in [7, 11) is 0. The number of benzene rings is 3. The third-order valence-electron chi connectivity index (χ3n) is 3.81. The van der Waals surface area contributed by atoms with Crippen molar-refractivity contribution in [3.8, 4) is 0 Å². The minimum atomic E-state index is -0.644. The van der Waals surface area contributed by atoms with Gasteiger partial charge in [0.05, 0.1) is 16.9 Å². The van der Waals surface area contributed by atoms with Crippen LogP contribution >= 0.6 is 0 Å². The van der Waals surface area contributed by atoms with Crippen molar-refractivity contribution in [1.82, 2.24) is 0 Å². The number of nitrogens with zero attached hydrogens (tertiary/aromatic N) is 2. The van der Waals surface area contributed by atoms with E-state index in [9.17, 15) is 14.4 Å². The molecule has 0 heterocycles. The van der Waals surface area contributed by atoms with E-state index in [4.69, 9.17) is 4.74 Å². The smallest absolute Gasteiger partial charge is 0.338 e. The van der Waals surface area contributed by atoms with E-state index in [2.05, 4.69) is 15.5 Å². The Bertz CT molecular complexity index is 1010. The topological polar surface area (TPSA) is 97.2 Å². The summed E-state index contributed by atoms with van der Waals surface area (Å²) in [6.45, 7) is -0.427. The molecule has 0 unspecified atom stereocenters. The van der Waals surface area contributed by atoms with E-state index in [-0.39, 0.29) is 5.56 Å². The zero-order chi connectivity index (χ0) is 20.5. The second-order valence-electron chi connectivity index (χ2n) is 5.95. The minimum Gasteiger partial charge on any atom is -0.452 e. The van der Waals surface area contributed by atoms with E-state index in [1.165, 1.54) is 24.3 Å². The van der Waals surface area contributed by atoms with Crippen molar-refractivity contribution in [3.05, 3.63) is 90.0 Å². The third-order valence-corrected chi connectivity index (χ3v) is 3.81. The summed E-state index contributed by atoms with van der Waals surface area (Å²) >= 11 is 0. The van der Waals surface area contributed by atoms with Gasteiger partial charge in [0.25, 0.3) is 5.91 Å². The van der Waals surface area contributed by atoms with Gasteiger partial charge >= 0.3 is 5.97 Å². The van der Waals surface area contributed by atoms with Crippen molar-refractivity contribution in [3.63, 3.8) is 0 Å². The molecule has 3 aromatic rings. The molecule has 0 radical (unpaired) electrons. The largest absolute Gasteiger partial charge is 0.452 e. The summed E-state index contributed by atoms with van der Waals surface area (Å²) in [5.74, 6) is -1.12. The molecule has 0 saturated heterocycles. The van der Waals surface area contributed by atoms with Gasteiger partial charge in [0.1, 0.15) is 6.29 Å². The maximum atomic E-state index is 12.0. The van der Waals surface area contributed by atoms with Crippen LogP contribution in [0.15, 0.2) is 89.1 Å². The molecule has 7 heteroatoms. The summed E-state index contributed by atoms with van der Waals surface area (Å²) in [5.41, 5.74) is 2.63. The van der Waals surface area contributed by atoms with E-state index < -0.39 is 18.5 Å². The number of aldehydes is 1. The number of nitrogens with one attached hydrogen (secondary N) is 1. The Morgan fingerprint density at radius 1 is 0.828 bits per heavy atom. The molecule has 0 aromatic heterocycles. The van der Waals surface area contributed by atoms with Crippen LogP contribution in [0.1, 0.15) is 20.7 Å². The monoisotopic (exact) mass is 387 g/mol. The quantitative estimate of drug-likeness (QED) is 0.361. The van der Waals surface area contributed by atoms with Crippen molar-refractivity contribution >= 4 is 35.2 Å². The number of ether oxygens (including phenoxy) is 1. The Morgan fingerprint density at radius 3 is 2.07 bits per heavy atom. The summed E-state index contributed by atoms with van der Waals surface area (Å²) in [6.07, 6.45) is 0.677. The highest BCUT2D eigenvalue weighted by Crippen LogP contribution is 2.20. The molecule has 3 aromatic carbocycles. The number of hydrogen-bond acceptors (Lipinski definition) is 6. The average Bonchev–Trinajstić information content (AvgIpc) is 2.78. The highest BCUT2D eigenvalue weighted by molar-refractivity contribution is 5.95. The summed E-state index contributed by atoms with van der Waals surface area (Å²) in [5, 5.41) is 10.9. The molecule has 3 rings (SSSR count). The van der Waals surface area contributed by atoms with Gasteiger partial charge in [-0.15, -0.1) is 0 Å². The van der Waals surface area contributed by atoms with Gasteiger partial charge in [-0.05, 0) is 48.5 Å². The first kappa shape index (κ1) is 19.6. The lowest BCUT2D eigenvalue weighted by molar-refractivity contribution is -0.119. The van der Waals surface area contributed by atoms with E-state index >= 15 is 0 Å². The first-order valence-electron chi connectivity index (χ1n) is 8.73. The molecule has 0 aliphatic heterocycles. The number of azo groups is 1. The minimum absolute atomic E-state index is 0.261. The molecular weight excluding hydrogens is 370 g/mol. The van der Waals surface area contributed by atoms with Crippen LogP contribution in [-0.2, 0) is 9.53 Å². The van der Waals surface area contributed by atoms with E-state index in [1.54, 1.807) is 24.3 Å². The number of rotatable bonds is 7. The van der Waals surface area contributed by atoms with Crippen LogP contribution in [0.25, 0.3) is 0 Å². The van der Waals surface area contributed by atoms with Crippen molar-refractivity contribution in [2.24, 2.45) is 10.2 Å². The molecule has 0 fully saturated rings. The number of esters is 1. The molecule has 0 spiro atoms. The average molecular weight is 387 g/mol. The molecule has 0 aliphatic rings. The summed E-state index contributed by atoms with van der Waals surface area (Å²) in [4.78, 5) is 34.5. The van der Waals surface area contributed by atoms with Crippen molar-refractivity contribution in [2.45, 2.75) is 0 Å². The number of amides is 1. The predicted octanol–water partition coefficient (Wildman–Crippen LogP) is 4.71. The second kappa shape index (κ2) is 9.70. The lowest BCUT2D eigenvalue weighted by Crippen LogP contribution is -2.20. The van der Waals surface area contributed by atoms with Crippen LogP contribution < -0.4 is 5.32 Å².